The number of hydrogen-bond acceptors (Lipinski definition) is 3. The Balaban J connectivity index is 2.20. The van der Waals surface area contributed by atoms with Gasteiger partial charge in [-0.3, -0.25) is 0 Å². The van der Waals surface area contributed by atoms with Gasteiger partial charge in [-0.2, -0.15) is 24.9 Å². The summed E-state index contributed by atoms with van der Waals surface area (Å²) in [6.45, 7) is 0. The summed E-state index contributed by atoms with van der Waals surface area (Å²) in [6, 6.07) is 2.41. The zero-order valence-corrected chi connectivity index (χ0v) is 11.9. The number of halogens is 5. The monoisotopic (exact) mass is 334 g/mol. The van der Waals surface area contributed by atoms with Gasteiger partial charge >= 0.3 is 6.18 Å². The highest BCUT2D eigenvalue weighted by molar-refractivity contribution is 7.98. The summed E-state index contributed by atoms with van der Waals surface area (Å²) in [5, 5.41) is 0.150. The fourth-order valence-corrected chi connectivity index (χ4v) is 3.46. The van der Waals surface area contributed by atoms with Crippen LogP contribution in [0.3, 0.4) is 0 Å². The number of fused-ring (bicyclic) bond motifs is 1. The zero-order valence-electron chi connectivity index (χ0n) is 10.3. The van der Waals surface area contributed by atoms with Gasteiger partial charge in [0.25, 0.3) is 0 Å². The van der Waals surface area contributed by atoms with Crippen LogP contribution in [-0.4, -0.2) is 9.97 Å². The lowest BCUT2D eigenvalue weighted by Crippen LogP contribution is -2.09. The van der Waals surface area contributed by atoms with E-state index in [1.54, 1.807) is 11.8 Å². The summed E-state index contributed by atoms with van der Waals surface area (Å²) in [7, 11) is 0. The van der Waals surface area contributed by atoms with Crippen LogP contribution in [0.15, 0.2) is 18.2 Å². The summed E-state index contributed by atoms with van der Waals surface area (Å²) in [4.78, 5) is 8.09. The molecule has 0 aliphatic carbocycles. The van der Waals surface area contributed by atoms with E-state index in [2.05, 4.69) is 9.97 Å². The number of nitrogens with zero attached hydrogens (tertiary/aromatic N) is 2. The lowest BCUT2D eigenvalue weighted by molar-refractivity contribution is -0.137. The predicted molar refractivity (Wildman–Crippen MR) is 72.4 cm³/mol. The smallest absolute Gasteiger partial charge is 0.232 e. The van der Waals surface area contributed by atoms with Crippen molar-refractivity contribution in [3.05, 3.63) is 46.0 Å². The average molecular weight is 335 g/mol. The molecular formula is C13H7ClF4N2S. The van der Waals surface area contributed by atoms with Gasteiger partial charge in [0.1, 0.15) is 11.0 Å². The third-order valence-electron chi connectivity index (χ3n) is 3.06. The van der Waals surface area contributed by atoms with Crippen molar-refractivity contribution in [2.45, 2.75) is 17.7 Å². The van der Waals surface area contributed by atoms with Crippen molar-refractivity contribution in [2.24, 2.45) is 0 Å². The van der Waals surface area contributed by atoms with Crippen molar-refractivity contribution in [1.82, 2.24) is 9.97 Å². The molecule has 0 saturated carbocycles. The molecule has 0 N–H and O–H groups in total. The van der Waals surface area contributed by atoms with Crippen LogP contribution >= 0.6 is 23.4 Å². The fourth-order valence-electron chi connectivity index (χ4n) is 2.08. The molecule has 0 atom stereocenters. The van der Waals surface area contributed by atoms with Crippen LogP contribution < -0.4 is 0 Å². The number of alkyl halides is 3. The minimum absolute atomic E-state index is 0.131. The maximum Gasteiger partial charge on any atom is 0.417 e. The van der Waals surface area contributed by atoms with E-state index < -0.39 is 17.6 Å². The summed E-state index contributed by atoms with van der Waals surface area (Å²) >= 11 is 7.57. The first-order valence-corrected chi connectivity index (χ1v) is 7.39. The standard InChI is InChI=1S/C13H7ClF4N2S/c14-11-8-4-21-5-10(8)19-12(20-11)7-2-1-6(15)3-9(7)13(16,17)18/h1-3H,4-5H2. The summed E-state index contributed by atoms with van der Waals surface area (Å²) in [5.41, 5.74) is 0.00297. The lowest BCUT2D eigenvalue weighted by atomic mass is 10.1. The van der Waals surface area contributed by atoms with E-state index in [0.717, 1.165) is 17.7 Å². The van der Waals surface area contributed by atoms with Gasteiger partial charge in [-0.15, -0.1) is 0 Å². The van der Waals surface area contributed by atoms with E-state index in [1.165, 1.54) is 0 Å². The van der Waals surface area contributed by atoms with Crippen molar-refractivity contribution in [3.8, 4) is 11.4 Å². The lowest BCUT2D eigenvalue weighted by Gasteiger charge is -2.13. The summed E-state index contributed by atoms with van der Waals surface area (Å²) in [6.07, 6.45) is -4.69. The molecule has 0 amide bonds. The van der Waals surface area contributed by atoms with Gasteiger partial charge in [-0.25, -0.2) is 14.4 Å². The third kappa shape index (κ3) is 2.72. The van der Waals surface area contributed by atoms with E-state index in [9.17, 15) is 17.6 Å². The van der Waals surface area contributed by atoms with Gasteiger partial charge in [-0.05, 0) is 18.2 Å². The first kappa shape index (κ1) is 14.6. The minimum atomic E-state index is -4.69. The number of rotatable bonds is 1. The Hall–Kier alpha value is -1.34. The molecule has 2 heterocycles. The maximum absolute atomic E-state index is 13.1. The van der Waals surface area contributed by atoms with Crippen LogP contribution in [0.25, 0.3) is 11.4 Å². The largest absolute Gasteiger partial charge is 0.417 e. The Morgan fingerprint density at radius 1 is 1.14 bits per heavy atom. The maximum atomic E-state index is 13.1. The molecule has 0 unspecified atom stereocenters. The normalized spacial score (nSPS) is 14.3. The first-order chi connectivity index (χ1) is 9.86. The van der Waals surface area contributed by atoms with E-state index >= 15 is 0 Å². The Bertz CT molecular complexity index is 718. The second kappa shape index (κ2) is 5.14. The molecule has 0 spiro atoms. The molecule has 8 heteroatoms. The van der Waals surface area contributed by atoms with Crippen LogP contribution in [-0.2, 0) is 17.7 Å². The second-order valence-corrected chi connectivity index (χ2v) is 5.79. The fraction of sp³-hybridized carbons (Fsp3) is 0.231. The average Bonchev–Trinajstić information content (AvgIpc) is 2.86. The molecule has 1 aliphatic rings. The molecule has 0 saturated heterocycles. The molecule has 0 fully saturated rings. The van der Waals surface area contributed by atoms with Crippen LogP contribution in [0, 0.1) is 5.82 Å². The molecule has 21 heavy (non-hydrogen) atoms. The van der Waals surface area contributed by atoms with Gasteiger partial charge in [0, 0.05) is 22.6 Å². The SMILES string of the molecule is Fc1ccc(-c2nc(Cl)c3c(n2)CSC3)c(C(F)(F)F)c1. The van der Waals surface area contributed by atoms with Crippen LogP contribution in [0.5, 0.6) is 0 Å². The van der Waals surface area contributed by atoms with Gasteiger partial charge in [0.15, 0.2) is 5.82 Å². The topological polar surface area (TPSA) is 25.8 Å². The van der Waals surface area contributed by atoms with E-state index in [0.29, 0.717) is 23.3 Å². The van der Waals surface area contributed by atoms with Gasteiger partial charge in [0.2, 0.25) is 0 Å². The third-order valence-corrected chi connectivity index (χ3v) is 4.34. The Labute approximate surface area is 126 Å². The Morgan fingerprint density at radius 2 is 1.90 bits per heavy atom. The molecule has 1 aliphatic heterocycles. The van der Waals surface area contributed by atoms with Crippen LogP contribution in [0.2, 0.25) is 5.15 Å². The van der Waals surface area contributed by atoms with Crippen molar-refractivity contribution in [3.63, 3.8) is 0 Å². The minimum Gasteiger partial charge on any atom is -0.232 e. The zero-order chi connectivity index (χ0) is 15.2. The molecule has 0 radical (unpaired) electrons. The molecule has 1 aromatic heterocycles. The highest BCUT2D eigenvalue weighted by atomic mass is 35.5. The highest BCUT2D eigenvalue weighted by Gasteiger charge is 2.35. The molecule has 2 aromatic rings. The van der Waals surface area contributed by atoms with E-state index in [4.69, 9.17) is 11.6 Å². The van der Waals surface area contributed by atoms with Crippen molar-refractivity contribution < 1.29 is 17.6 Å². The Kier molecular flexibility index (Phi) is 3.57. The molecule has 1 aromatic carbocycles. The van der Waals surface area contributed by atoms with E-state index in [1.807, 2.05) is 0 Å². The van der Waals surface area contributed by atoms with Crippen LogP contribution in [0.4, 0.5) is 17.6 Å². The van der Waals surface area contributed by atoms with Crippen LogP contribution in [0.1, 0.15) is 16.8 Å². The van der Waals surface area contributed by atoms with Gasteiger partial charge in [-0.1, -0.05) is 11.6 Å². The highest BCUT2D eigenvalue weighted by Crippen LogP contribution is 2.39. The summed E-state index contributed by atoms with van der Waals surface area (Å²) in [5.74, 6) is 0.124. The van der Waals surface area contributed by atoms with Gasteiger partial charge < -0.3 is 0 Å². The molecular weight excluding hydrogens is 328 g/mol. The number of thioether (sulfide) groups is 1. The predicted octanol–water partition coefficient (Wildman–Crippen LogP) is 4.70. The molecule has 3 rings (SSSR count). The molecule has 2 nitrogen and oxygen atoms in total. The quantitative estimate of drug-likeness (QED) is 0.558. The van der Waals surface area contributed by atoms with Crippen molar-refractivity contribution >= 4 is 23.4 Å². The molecule has 0 bridgehead atoms. The number of aromatic nitrogens is 2. The number of hydrogen-bond donors (Lipinski definition) is 0. The van der Waals surface area contributed by atoms with Crippen molar-refractivity contribution in [2.75, 3.05) is 0 Å². The van der Waals surface area contributed by atoms with Gasteiger partial charge in [0.05, 0.1) is 11.3 Å². The summed E-state index contributed by atoms with van der Waals surface area (Å²) < 4.78 is 52.2. The Morgan fingerprint density at radius 3 is 2.62 bits per heavy atom. The first-order valence-electron chi connectivity index (χ1n) is 5.86. The number of benzene rings is 1. The van der Waals surface area contributed by atoms with Crippen molar-refractivity contribution in [1.29, 1.82) is 0 Å². The molecule has 110 valence electrons. The van der Waals surface area contributed by atoms with E-state index in [-0.39, 0.29) is 16.5 Å². The second-order valence-electron chi connectivity index (χ2n) is 4.44.